The molecular formula is C18H29BrN2. The van der Waals surface area contributed by atoms with Gasteiger partial charge in [0, 0.05) is 36.3 Å². The summed E-state index contributed by atoms with van der Waals surface area (Å²) in [5, 5.41) is 3.54. The smallest absolute Gasteiger partial charge is 0.0410 e. The molecule has 1 aromatic rings. The second-order valence-electron chi connectivity index (χ2n) is 6.69. The standard InChI is InChI=1S/C18H29BrN2/c1-14(2)20-12-16-11-17(19)9-10-18(16)21(3)13-15-7-5-4-6-8-15/h9-11,14-15,20H,4-8,12-13H2,1-3H3. The van der Waals surface area contributed by atoms with Gasteiger partial charge in [-0.25, -0.2) is 0 Å². The SMILES string of the molecule is CC(C)NCc1cc(Br)ccc1N(C)CC1CCCCC1. The molecule has 1 fully saturated rings. The summed E-state index contributed by atoms with van der Waals surface area (Å²) < 4.78 is 1.16. The summed E-state index contributed by atoms with van der Waals surface area (Å²) in [5.41, 5.74) is 2.76. The van der Waals surface area contributed by atoms with Crippen LogP contribution in [0.4, 0.5) is 5.69 Å². The van der Waals surface area contributed by atoms with Gasteiger partial charge in [0.15, 0.2) is 0 Å². The van der Waals surface area contributed by atoms with E-state index in [-0.39, 0.29) is 0 Å². The first kappa shape index (κ1) is 16.8. The number of nitrogens with zero attached hydrogens (tertiary/aromatic N) is 1. The number of nitrogens with one attached hydrogen (secondary N) is 1. The average Bonchev–Trinajstić information content (AvgIpc) is 2.46. The highest BCUT2D eigenvalue weighted by Gasteiger charge is 2.17. The summed E-state index contributed by atoms with van der Waals surface area (Å²) in [6.07, 6.45) is 7.07. The van der Waals surface area contributed by atoms with Crippen LogP contribution in [-0.2, 0) is 6.54 Å². The van der Waals surface area contributed by atoms with Crippen LogP contribution >= 0.6 is 15.9 Å². The van der Waals surface area contributed by atoms with Crippen molar-refractivity contribution in [3.63, 3.8) is 0 Å². The lowest BCUT2D eigenvalue weighted by atomic mass is 9.89. The largest absolute Gasteiger partial charge is 0.374 e. The van der Waals surface area contributed by atoms with Crippen LogP contribution in [0, 0.1) is 5.92 Å². The van der Waals surface area contributed by atoms with Gasteiger partial charge in [-0.2, -0.15) is 0 Å². The minimum absolute atomic E-state index is 0.514. The summed E-state index contributed by atoms with van der Waals surface area (Å²) in [7, 11) is 2.25. The van der Waals surface area contributed by atoms with E-state index in [9.17, 15) is 0 Å². The first-order chi connectivity index (χ1) is 10.1. The van der Waals surface area contributed by atoms with Crippen molar-refractivity contribution in [2.24, 2.45) is 5.92 Å². The molecule has 0 spiro atoms. The molecule has 0 unspecified atom stereocenters. The van der Waals surface area contributed by atoms with Crippen molar-refractivity contribution in [2.45, 2.75) is 58.5 Å². The first-order valence-electron chi connectivity index (χ1n) is 8.29. The lowest BCUT2D eigenvalue weighted by Crippen LogP contribution is -2.29. The highest BCUT2D eigenvalue weighted by Crippen LogP contribution is 2.28. The Labute approximate surface area is 138 Å². The number of anilines is 1. The molecule has 21 heavy (non-hydrogen) atoms. The third kappa shape index (κ3) is 5.30. The van der Waals surface area contributed by atoms with Crippen molar-refractivity contribution in [3.8, 4) is 0 Å². The van der Waals surface area contributed by atoms with Gasteiger partial charge in [0.25, 0.3) is 0 Å². The maximum atomic E-state index is 3.60. The van der Waals surface area contributed by atoms with Gasteiger partial charge in [0.1, 0.15) is 0 Å². The zero-order valence-corrected chi connectivity index (χ0v) is 15.2. The van der Waals surface area contributed by atoms with Crippen LogP contribution in [0.15, 0.2) is 22.7 Å². The van der Waals surface area contributed by atoms with E-state index in [1.165, 1.54) is 49.9 Å². The fourth-order valence-electron chi connectivity index (χ4n) is 3.24. The summed E-state index contributed by atoms with van der Waals surface area (Å²) in [6, 6.07) is 7.18. The van der Waals surface area contributed by atoms with Gasteiger partial charge in [-0.1, -0.05) is 49.0 Å². The third-order valence-corrected chi connectivity index (χ3v) is 4.90. The Morgan fingerprint density at radius 3 is 2.62 bits per heavy atom. The van der Waals surface area contributed by atoms with E-state index in [2.05, 4.69) is 65.2 Å². The Morgan fingerprint density at radius 1 is 1.24 bits per heavy atom. The molecule has 1 aromatic carbocycles. The molecule has 1 aliphatic carbocycles. The van der Waals surface area contributed by atoms with Crippen LogP contribution in [-0.4, -0.2) is 19.6 Å². The second-order valence-corrected chi connectivity index (χ2v) is 7.61. The fourth-order valence-corrected chi connectivity index (χ4v) is 3.65. The second kappa shape index (κ2) is 8.19. The summed E-state index contributed by atoms with van der Waals surface area (Å²) >= 11 is 3.60. The van der Waals surface area contributed by atoms with Crippen molar-refractivity contribution < 1.29 is 0 Å². The lowest BCUT2D eigenvalue weighted by molar-refractivity contribution is 0.362. The van der Waals surface area contributed by atoms with Crippen LogP contribution < -0.4 is 10.2 Å². The minimum Gasteiger partial charge on any atom is -0.374 e. The van der Waals surface area contributed by atoms with Gasteiger partial charge >= 0.3 is 0 Å². The molecule has 0 aliphatic heterocycles. The number of hydrogen-bond donors (Lipinski definition) is 1. The normalized spacial score (nSPS) is 16.4. The Morgan fingerprint density at radius 2 is 1.95 bits per heavy atom. The highest BCUT2D eigenvalue weighted by atomic mass is 79.9. The molecule has 0 amide bonds. The van der Waals surface area contributed by atoms with E-state index in [1.807, 2.05) is 0 Å². The van der Waals surface area contributed by atoms with Crippen molar-refractivity contribution in [1.82, 2.24) is 5.32 Å². The van der Waals surface area contributed by atoms with E-state index in [0.717, 1.165) is 16.9 Å². The minimum atomic E-state index is 0.514. The number of rotatable bonds is 6. The molecule has 0 heterocycles. The topological polar surface area (TPSA) is 15.3 Å². The van der Waals surface area contributed by atoms with E-state index in [4.69, 9.17) is 0 Å². The molecule has 2 nitrogen and oxygen atoms in total. The molecule has 3 heteroatoms. The van der Waals surface area contributed by atoms with E-state index < -0.39 is 0 Å². The molecule has 2 rings (SSSR count). The predicted octanol–water partition coefficient (Wildman–Crippen LogP) is 4.96. The third-order valence-electron chi connectivity index (χ3n) is 4.41. The maximum Gasteiger partial charge on any atom is 0.0410 e. The van der Waals surface area contributed by atoms with Gasteiger partial charge in [-0.15, -0.1) is 0 Å². The van der Waals surface area contributed by atoms with Crippen LogP contribution in [0.5, 0.6) is 0 Å². The van der Waals surface area contributed by atoms with Gasteiger partial charge in [-0.3, -0.25) is 0 Å². The molecule has 1 N–H and O–H groups in total. The van der Waals surface area contributed by atoms with Gasteiger partial charge in [-0.05, 0) is 42.5 Å². The molecule has 0 aromatic heterocycles. The summed E-state index contributed by atoms with van der Waals surface area (Å²) in [5.74, 6) is 0.873. The molecule has 1 aliphatic rings. The lowest BCUT2D eigenvalue weighted by Gasteiger charge is -2.30. The summed E-state index contributed by atoms with van der Waals surface area (Å²) in [4.78, 5) is 2.46. The van der Waals surface area contributed by atoms with Crippen molar-refractivity contribution >= 4 is 21.6 Å². The number of benzene rings is 1. The molecule has 0 atom stereocenters. The van der Waals surface area contributed by atoms with Gasteiger partial charge in [0.05, 0.1) is 0 Å². The Balaban J connectivity index is 2.05. The fraction of sp³-hybridized carbons (Fsp3) is 0.667. The maximum absolute atomic E-state index is 3.60. The Bertz CT molecular complexity index is 439. The number of hydrogen-bond acceptors (Lipinski definition) is 2. The quantitative estimate of drug-likeness (QED) is 0.777. The average molecular weight is 353 g/mol. The Hall–Kier alpha value is -0.540. The first-order valence-corrected chi connectivity index (χ1v) is 9.08. The van der Waals surface area contributed by atoms with Gasteiger partial charge in [0.2, 0.25) is 0 Å². The van der Waals surface area contributed by atoms with Crippen LogP contribution in [0.3, 0.4) is 0 Å². The molecule has 0 radical (unpaired) electrons. The molecule has 1 saturated carbocycles. The zero-order valence-electron chi connectivity index (χ0n) is 13.7. The predicted molar refractivity (Wildman–Crippen MR) is 96.0 cm³/mol. The highest BCUT2D eigenvalue weighted by molar-refractivity contribution is 9.10. The van der Waals surface area contributed by atoms with Crippen LogP contribution in [0.1, 0.15) is 51.5 Å². The van der Waals surface area contributed by atoms with Gasteiger partial charge < -0.3 is 10.2 Å². The molecule has 118 valence electrons. The molecule has 0 saturated heterocycles. The van der Waals surface area contributed by atoms with Crippen molar-refractivity contribution in [2.75, 3.05) is 18.5 Å². The van der Waals surface area contributed by atoms with Crippen LogP contribution in [0.2, 0.25) is 0 Å². The van der Waals surface area contributed by atoms with E-state index >= 15 is 0 Å². The zero-order chi connectivity index (χ0) is 15.2. The van der Waals surface area contributed by atoms with E-state index in [1.54, 1.807) is 0 Å². The number of halogens is 1. The van der Waals surface area contributed by atoms with Crippen molar-refractivity contribution in [3.05, 3.63) is 28.2 Å². The van der Waals surface area contributed by atoms with Crippen LogP contribution in [0.25, 0.3) is 0 Å². The Kier molecular flexibility index (Phi) is 6.56. The summed E-state index contributed by atoms with van der Waals surface area (Å²) in [6.45, 7) is 6.52. The molecule has 0 bridgehead atoms. The van der Waals surface area contributed by atoms with Crippen molar-refractivity contribution in [1.29, 1.82) is 0 Å². The monoisotopic (exact) mass is 352 g/mol. The van der Waals surface area contributed by atoms with E-state index in [0.29, 0.717) is 6.04 Å². The molecular weight excluding hydrogens is 324 g/mol.